The monoisotopic (exact) mass is 537 g/mol. The molecular formula is C22H24IN3O3S. The Morgan fingerprint density at radius 1 is 1.23 bits per heavy atom. The van der Waals surface area contributed by atoms with Crippen LogP contribution in [-0.2, 0) is 4.79 Å². The van der Waals surface area contributed by atoms with Crippen LogP contribution >= 0.6 is 34.4 Å². The number of thioether (sulfide) groups is 1. The van der Waals surface area contributed by atoms with Gasteiger partial charge in [0, 0.05) is 16.7 Å². The number of amides is 1. The minimum absolute atomic E-state index is 0.0218. The third kappa shape index (κ3) is 4.49. The van der Waals surface area contributed by atoms with Gasteiger partial charge in [0.2, 0.25) is 5.91 Å². The van der Waals surface area contributed by atoms with Gasteiger partial charge in [-0.25, -0.2) is 4.98 Å². The fourth-order valence-electron chi connectivity index (χ4n) is 3.24. The zero-order valence-corrected chi connectivity index (χ0v) is 20.4. The second-order valence-corrected chi connectivity index (χ2v) is 9.19. The molecule has 0 aliphatic rings. The van der Waals surface area contributed by atoms with E-state index in [1.807, 2.05) is 57.2 Å². The quantitative estimate of drug-likeness (QED) is 0.255. The van der Waals surface area contributed by atoms with Crippen LogP contribution in [0.25, 0.3) is 16.6 Å². The fourth-order valence-corrected chi connectivity index (χ4v) is 4.74. The highest BCUT2D eigenvalue weighted by molar-refractivity contribution is 14.1. The van der Waals surface area contributed by atoms with Crippen molar-refractivity contribution < 1.29 is 9.53 Å². The molecule has 0 aliphatic heterocycles. The maximum atomic E-state index is 13.5. The molecule has 0 fully saturated rings. The summed E-state index contributed by atoms with van der Waals surface area (Å²) < 4.78 is 8.00. The Hall–Kier alpha value is -2.07. The van der Waals surface area contributed by atoms with Crippen molar-refractivity contribution in [2.24, 2.45) is 0 Å². The number of carbonyl (C=O) groups excluding carboxylic acids is 1. The van der Waals surface area contributed by atoms with Crippen molar-refractivity contribution >= 4 is 51.2 Å². The Bertz CT molecular complexity index is 1130. The molecular weight excluding hydrogens is 513 g/mol. The molecule has 0 saturated heterocycles. The number of hydrogen-bond donors (Lipinski definition) is 0. The Kier molecular flexibility index (Phi) is 7.41. The summed E-state index contributed by atoms with van der Waals surface area (Å²) >= 11 is 3.47. The number of ether oxygens (including phenoxy) is 1. The predicted molar refractivity (Wildman–Crippen MR) is 130 cm³/mol. The Balaban J connectivity index is 2.21. The van der Waals surface area contributed by atoms with Gasteiger partial charge in [0.05, 0.1) is 29.0 Å². The van der Waals surface area contributed by atoms with E-state index in [0.717, 1.165) is 3.57 Å². The number of hydrogen-bond acceptors (Lipinski definition) is 5. The van der Waals surface area contributed by atoms with E-state index in [2.05, 4.69) is 22.6 Å². The molecule has 30 heavy (non-hydrogen) atoms. The van der Waals surface area contributed by atoms with Crippen LogP contribution < -0.4 is 10.3 Å². The van der Waals surface area contributed by atoms with Crippen LogP contribution in [0.4, 0.5) is 0 Å². The van der Waals surface area contributed by atoms with Gasteiger partial charge in [-0.05, 0) is 73.7 Å². The van der Waals surface area contributed by atoms with E-state index in [1.165, 1.54) is 11.8 Å². The zero-order valence-electron chi connectivity index (χ0n) is 17.4. The van der Waals surface area contributed by atoms with Gasteiger partial charge in [0.1, 0.15) is 5.75 Å². The van der Waals surface area contributed by atoms with Crippen LogP contribution in [0.15, 0.2) is 52.4 Å². The SMILES string of the molecule is CCN(CC)C(=O)C(C)Sc1nc2ccc(I)cc2c(=O)n1-c1ccccc1OC. The molecule has 0 aliphatic carbocycles. The van der Waals surface area contributed by atoms with Gasteiger partial charge in [-0.1, -0.05) is 23.9 Å². The lowest BCUT2D eigenvalue weighted by atomic mass is 10.2. The molecule has 0 N–H and O–H groups in total. The average molecular weight is 537 g/mol. The van der Waals surface area contributed by atoms with E-state index in [9.17, 15) is 9.59 Å². The van der Waals surface area contributed by atoms with Crippen molar-refractivity contribution in [1.29, 1.82) is 0 Å². The average Bonchev–Trinajstić information content (AvgIpc) is 2.75. The lowest BCUT2D eigenvalue weighted by Gasteiger charge is -2.23. The Morgan fingerprint density at radius 3 is 2.60 bits per heavy atom. The number of carbonyl (C=O) groups is 1. The molecule has 1 amide bonds. The molecule has 3 rings (SSSR count). The normalized spacial score (nSPS) is 12.0. The molecule has 2 aromatic carbocycles. The summed E-state index contributed by atoms with van der Waals surface area (Å²) in [5.74, 6) is 0.587. The molecule has 1 unspecified atom stereocenters. The van der Waals surface area contributed by atoms with Gasteiger partial charge >= 0.3 is 0 Å². The van der Waals surface area contributed by atoms with Crippen LogP contribution in [0.1, 0.15) is 20.8 Å². The Labute approximate surface area is 193 Å². The lowest BCUT2D eigenvalue weighted by molar-refractivity contribution is -0.129. The van der Waals surface area contributed by atoms with E-state index in [0.29, 0.717) is 40.6 Å². The van der Waals surface area contributed by atoms with Crippen molar-refractivity contribution in [3.8, 4) is 11.4 Å². The first kappa shape index (κ1) is 22.6. The molecule has 0 bridgehead atoms. The van der Waals surface area contributed by atoms with E-state index in [-0.39, 0.29) is 16.7 Å². The highest BCUT2D eigenvalue weighted by atomic mass is 127. The van der Waals surface area contributed by atoms with Crippen LogP contribution in [0, 0.1) is 3.57 Å². The molecule has 8 heteroatoms. The minimum Gasteiger partial charge on any atom is -0.495 e. The van der Waals surface area contributed by atoms with Crippen LogP contribution in [0.2, 0.25) is 0 Å². The third-order valence-electron chi connectivity index (χ3n) is 4.83. The molecule has 1 heterocycles. The highest BCUT2D eigenvalue weighted by Crippen LogP contribution is 2.30. The van der Waals surface area contributed by atoms with Gasteiger partial charge in [-0.15, -0.1) is 0 Å². The van der Waals surface area contributed by atoms with Crippen molar-refractivity contribution in [1.82, 2.24) is 14.5 Å². The summed E-state index contributed by atoms with van der Waals surface area (Å²) in [4.78, 5) is 32.9. The molecule has 0 saturated carbocycles. The number of benzene rings is 2. The molecule has 3 aromatic rings. The second kappa shape index (κ2) is 9.82. The van der Waals surface area contributed by atoms with Gasteiger partial charge in [0.15, 0.2) is 5.16 Å². The summed E-state index contributed by atoms with van der Waals surface area (Å²) in [5, 5.41) is 0.602. The maximum absolute atomic E-state index is 13.5. The van der Waals surface area contributed by atoms with Crippen LogP contribution in [0.5, 0.6) is 5.75 Å². The molecule has 1 atom stereocenters. The summed E-state index contributed by atoms with van der Waals surface area (Å²) in [6.45, 7) is 7.05. The topological polar surface area (TPSA) is 64.4 Å². The number of para-hydroxylation sites is 2. The van der Waals surface area contributed by atoms with Crippen molar-refractivity contribution in [3.63, 3.8) is 0 Å². The molecule has 158 valence electrons. The van der Waals surface area contributed by atoms with Gasteiger partial charge in [0.25, 0.3) is 5.56 Å². The number of methoxy groups -OCH3 is 1. The summed E-state index contributed by atoms with van der Waals surface area (Å²) in [6.07, 6.45) is 0. The van der Waals surface area contributed by atoms with E-state index in [4.69, 9.17) is 9.72 Å². The molecule has 0 radical (unpaired) electrons. The van der Waals surface area contributed by atoms with Gasteiger partial charge in [-0.2, -0.15) is 0 Å². The minimum atomic E-state index is -0.390. The largest absolute Gasteiger partial charge is 0.495 e. The fraction of sp³-hybridized carbons (Fsp3) is 0.318. The summed E-state index contributed by atoms with van der Waals surface area (Å²) in [5.41, 5.74) is 1.02. The summed E-state index contributed by atoms with van der Waals surface area (Å²) in [7, 11) is 1.57. The van der Waals surface area contributed by atoms with Crippen molar-refractivity contribution in [2.75, 3.05) is 20.2 Å². The number of fused-ring (bicyclic) bond motifs is 1. The predicted octanol–water partition coefficient (Wildman–Crippen LogP) is 4.35. The summed E-state index contributed by atoms with van der Waals surface area (Å²) in [6, 6.07) is 12.9. The number of nitrogens with zero attached hydrogens (tertiary/aromatic N) is 3. The van der Waals surface area contributed by atoms with E-state index in [1.54, 1.807) is 22.6 Å². The Morgan fingerprint density at radius 2 is 1.93 bits per heavy atom. The zero-order chi connectivity index (χ0) is 21.8. The first-order chi connectivity index (χ1) is 14.4. The molecule has 6 nitrogen and oxygen atoms in total. The first-order valence-electron chi connectivity index (χ1n) is 9.72. The van der Waals surface area contributed by atoms with Gasteiger partial charge < -0.3 is 9.64 Å². The third-order valence-corrected chi connectivity index (χ3v) is 6.54. The second-order valence-electron chi connectivity index (χ2n) is 6.64. The number of rotatable bonds is 7. The van der Waals surface area contributed by atoms with Crippen LogP contribution in [-0.4, -0.2) is 45.8 Å². The van der Waals surface area contributed by atoms with E-state index < -0.39 is 0 Å². The molecule has 0 spiro atoms. The maximum Gasteiger partial charge on any atom is 0.266 e. The standard InChI is InChI=1S/C22H24IN3O3S/c1-5-25(6-2)20(27)14(3)30-22-24-17-12-11-15(23)13-16(17)21(28)26(22)18-9-7-8-10-19(18)29-4/h7-14H,5-6H2,1-4H3. The number of halogens is 1. The smallest absolute Gasteiger partial charge is 0.266 e. The van der Waals surface area contributed by atoms with E-state index >= 15 is 0 Å². The van der Waals surface area contributed by atoms with Crippen LogP contribution in [0.3, 0.4) is 0 Å². The van der Waals surface area contributed by atoms with Crippen molar-refractivity contribution in [2.45, 2.75) is 31.2 Å². The van der Waals surface area contributed by atoms with Crippen molar-refractivity contribution in [3.05, 3.63) is 56.4 Å². The number of aromatic nitrogens is 2. The first-order valence-corrected chi connectivity index (χ1v) is 11.7. The lowest BCUT2D eigenvalue weighted by Crippen LogP contribution is -2.36. The molecule has 1 aromatic heterocycles. The van der Waals surface area contributed by atoms with Gasteiger partial charge in [-0.3, -0.25) is 14.2 Å². The highest BCUT2D eigenvalue weighted by Gasteiger charge is 2.24.